The van der Waals surface area contributed by atoms with E-state index in [1.807, 2.05) is 0 Å². The van der Waals surface area contributed by atoms with Crippen LogP contribution in [0.1, 0.15) is 30.8 Å². The summed E-state index contributed by atoms with van der Waals surface area (Å²) in [6, 6.07) is 7.74. The van der Waals surface area contributed by atoms with Gasteiger partial charge in [0.2, 0.25) is 0 Å². The fourth-order valence-electron chi connectivity index (χ4n) is 2.18. The molecule has 2 aromatic rings. The zero-order valence-corrected chi connectivity index (χ0v) is 13.7. The van der Waals surface area contributed by atoms with Crippen LogP contribution in [0.5, 0.6) is 0 Å². The van der Waals surface area contributed by atoms with Crippen LogP contribution in [0, 0.1) is 11.7 Å². The number of aromatic nitrogens is 2. The van der Waals surface area contributed by atoms with Crippen LogP contribution in [0.15, 0.2) is 30.3 Å². The predicted molar refractivity (Wildman–Crippen MR) is 88.4 cm³/mol. The highest BCUT2D eigenvalue weighted by molar-refractivity contribution is 5.93. The van der Waals surface area contributed by atoms with Crippen molar-refractivity contribution in [3.63, 3.8) is 0 Å². The average molecular weight is 318 g/mol. The van der Waals surface area contributed by atoms with Crippen LogP contribution in [0.4, 0.5) is 4.39 Å². The number of halogens is 1. The van der Waals surface area contributed by atoms with E-state index in [9.17, 15) is 9.18 Å². The number of amides is 1. The van der Waals surface area contributed by atoms with Gasteiger partial charge in [-0.2, -0.15) is 5.10 Å². The summed E-state index contributed by atoms with van der Waals surface area (Å²) in [5, 5.41) is 6.87. The van der Waals surface area contributed by atoms with Crippen LogP contribution in [-0.4, -0.2) is 40.6 Å². The second-order valence-corrected chi connectivity index (χ2v) is 6.10. The third-order valence-corrected chi connectivity index (χ3v) is 3.95. The number of carbonyl (C=O) groups is 1. The van der Waals surface area contributed by atoms with Crippen molar-refractivity contribution in [2.24, 2.45) is 11.7 Å². The highest BCUT2D eigenvalue weighted by Gasteiger charge is 2.17. The van der Waals surface area contributed by atoms with Crippen LogP contribution in [0.25, 0.3) is 11.3 Å². The molecule has 1 unspecified atom stereocenters. The summed E-state index contributed by atoms with van der Waals surface area (Å²) < 4.78 is 12.9. The lowest BCUT2D eigenvalue weighted by atomic mass is 10.0. The number of nitrogens with two attached hydrogens (primary N) is 1. The van der Waals surface area contributed by atoms with Gasteiger partial charge in [-0.15, -0.1) is 0 Å². The molecule has 1 heterocycles. The first-order valence-corrected chi connectivity index (χ1v) is 7.71. The van der Waals surface area contributed by atoms with Crippen molar-refractivity contribution >= 4 is 5.91 Å². The number of H-pyrrole nitrogens is 1. The summed E-state index contributed by atoms with van der Waals surface area (Å²) in [6.07, 6.45) is 0.749. The van der Waals surface area contributed by atoms with Gasteiger partial charge in [0.1, 0.15) is 11.5 Å². The van der Waals surface area contributed by atoms with Crippen molar-refractivity contribution < 1.29 is 9.18 Å². The largest absolute Gasteiger partial charge is 0.340 e. The number of aromatic amines is 1. The molecule has 1 aromatic carbocycles. The minimum absolute atomic E-state index is 0.0711. The van der Waals surface area contributed by atoms with Crippen molar-refractivity contribution in [1.29, 1.82) is 0 Å². The van der Waals surface area contributed by atoms with Crippen LogP contribution in [0.2, 0.25) is 0 Å². The Morgan fingerprint density at radius 2 is 2.00 bits per heavy atom. The maximum absolute atomic E-state index is 12.9. The van der Waals surface area contributed by atoms with Gasteiger partial charge in [-0.3, -0.25) is 9.89 Å². The molecule has 0 aliphatic rings. The zero-order chi connectivity index (χ0) is 17.0. The first kappa shape index (κ1) is 17.1. The van der Waals surface area contributed by atoms with E-state index in [-0.39, 0.29) is 17.8 Å². The van der Waals surface area contributed by atoms with Gasteiger partial charge in [-0.1, -0.05) is 13.8 Å². The lowest BCUT2D eigenvalue weighted by Crippen LogP contribution is -2.34. The normalized spacial score (nSPS) is 12.4. The van der Waals surface area contributed by atoms with Gasteiger partial charge in [0.05, 0.1) is 5.69 Å². The van der Waals surface area contributed by atoms with Crippen molar-refractivity contribution in [2.75, 3.05) is 13.6 Å². The summed E-state index contributed by atoms with van der Waals surface area (Å²) in [5.74, 6) is -0.0561. The summed E-state index contributed by atoms with van der Waals surface area (Å²) >= 11 is 0. The molecule has 1 amide bonds. The van der Waals surface area contributed by atoms with Crippen molar-refractivity contribution in [3.05, 3.63) is 41.8 Å². The van der Waals surface area contributed by atoms with E-state index < -0.39 is 0 Å². The Kier molecular flexibility index (Phi) is 5.50. The maximum Gasteiger partial charge on any atom is 0.271 e. The van der Waals surface area contributed by atoms with Gasteiger partial charge in [-0.05, 0) is 42.7 Å². The third kappa shape index (κ3) is 4.39. The summed E-state index contributed by atoms with van der Waals surface area (Å²) in [7, 11) is 1.74. The molecule has 3 N–H and O–H groups in total. The summed E-state index contributed by atoms with van der Waals surface area (Å²) in [6.45, 7) is 4.72. The Hall–Kier alpha value is -2.21. The van der Waals surface area contributed by atoms with Crippen LogP contribution in [0.3, 0.4) is 0 Å². The molecule has 6 heteroatoms. The van der Waals surface area contributed by atoms with Gasteiger partial charge >= 0.3 is 0 Å². The number of carbonyl (C=O) groups excluding carboxylic acids is 1. The second-order valence-electron chi connectivity index (χ2n) is 6.10. The van der Waals surface area contributed by atoms with Crippen molar-refractivity contribution in [3.8, 4) is 11.3 Å². The quantitative estimate of drug-likeness (QED) is 0.860. The number of nitrogens with zero attached hydrogens (tertiary/aromatic N) is 2. The van der Waals surface area contributed by atoms with Gasteiger partial charge < -0.3 is 10.6 Å². The number of hydrogen-bond donors (Lipinski definition) is 2. The Balaban J connectivity index is 2.01. The molecule has 0 saturated heterocycles. The monoisotopic (exact) mass is 318 g/mol. The molecule has 0 radical (unpaired) electrons. The Bertz CT molecular complexity index is 651. The first-order chi connectivity index (χ1) is 10.9. The van der Waals surface area contributed by atoms with E-state index in [2.05, 4.69) is 24.0 Å². The fourth-order valence-corrected chi connectivity index (χ4v) is 2.18. The molecule has 0 aliphatic carbocycles. The van der Waals surface area contributed by atoms with Crippen LogP contribution in [-0.2, 0) is 0 Å². The Morgan fingerprint density at radius 3 is 2.61 bits per heavy atom. The highest BCUT2D eigenvalue weighted by Crippen LogP contribution is 2.18. The second kappa shape index (κ2) is 7.37. The minimum Gasteiger partial charge on any atom is -0.340 e. The van der Waals surface area contributed by atoms with E-state index >= 15 is 0 Å². The zero-order valence-electron chi connectivity index (χ0n) is 13.7. The topological polar surface area (TPSA) is 75.0 Å². The lowest BCUT2D eigenvalue weighted by Gasteiger charge is -2.21. The summed E-state index contributed by atoms with van der Waals surface area (Å²) in [4.78, 5) is 14.0. The Labute approximate surface area is 135 Å². The van der Waals surface area contributed by atoms with Gasteiger partial charge in [-0.25, -0.2) is 4.39 Å². The maximum atomic E-state index is 12.9. The van der Waals surface area contributed by atoms with E-state index in [0.717, 1.165) is 12.0 Å². The molecular formula is C17H23FN4O. The minimum atomic E-state index is -0.304. The molecule has 124 valence electrons. The third-order valence-electron chi connectivity index (χ3n) is 3.95. The smallest absolute Gasteiger partial charge is 0.271 e. The predicted octanol–water partition coefficient (Wildman–Crippen LogP) is 2.66. The lowest BCUT2D eigenvalue weighted by molar-refractivity contribution is 0.0783. The standard InChI is InChI=1S/C17H23FN4O/c1-11(2)14(19)8-9-22(3)17(23)16-10-15(20-21-16)12-4-6-13(18)7-5-12/h4-7,10-11,14H,8-9,19H2,1-3H3,(H,20,21). The molecule has 0 saturated carbocycles. The van der Waals surface area contributed by atoms with Crippen molar-refractivity contribution in [1.82, 2.24) is 15.1 Å². The van der Waals surface area contributed by atoms with Gasteiger partial charge in [0.15, 0.2) is 0 Å². The SMILES string of the molecule is CC(C)C(N)CCN(C)C(=O)c1cc(-c2ccc(F)cc2)n[nH]1. The molecule has 2 rings (SSSR count). The fraction of sp³-hybridized carbons (Fsp3) is 0.412. The van der Waals surface area contributed by atoms with Crippen molar-refractivity contribution in [2.45, 2.75) is 26.3 Å². The summed E-state index contributed by atoms with van der Waals surface area (Å²) in [5.41, 5.74) is 7.78. The molecule has 0 spiro atoms. The van der Waals surface area contributed by atoms with Crippen LogP contribution < -0.4 is 5.73 Å². The van der Waals surface area contributed by atoms with Gasteiger partial charge in [0, 0.05) is 25.2 Å². The highest BCUT2D eigenvalue weighted by atomic mass is 19.1. The molecule has 0 bridgehead atoms. The van der Waals surface area contributed by atoms with E-state index in [1.165, 1.54) is 12.1 Å². The number of nitrogens with one attached hydrogen (secondary N) is 1. The first-order valence-electron chi connectivity index (χ1n) is 7.71. The molecule has 1 atom stereocenters. The molecule has 5 nitrogen and oxygen atoms in total. The molecular weight excluding hydrogens is 295 g/mol. The Morgan fingerprint density at radius 1 is 1.35 bits per heavy atom. The van der Waals surface area contributed by atoms with E-state index in [4.69, 9.17) is 5.73 Å². The molecule has 0 aliphatic heterocycles. The van der Waals surface area contributed by atoms with E-state index in [1.54, 1.807) is 30.1 Å². The van der Waals surface area contributed by atoms with Gasteiger partial charge in [0.25, 0.3) is 5.91 Å². The number of benzene rings is 1. The average Bonchev–Trinajstić information content (AvgIpc) is 3.01. The molecule has 23 heavy (non-hydrogen) atoms. The van der Waals surface area contributed by atoms with Crippen LogP contribution >= 0.6 is 0 Å². The molecule has 1 aromatic heterocycles. The van der Waals surface area contributed by atoms with E-state index in [0.29, 0.717) is 23.9 Å². The number of hydrogen-bond acceptors (Lipinski definition) is 3. The molecule has 0 fully saturated rings. The number of rotatable bonds is 6.